The monoisotopic (exact) mass is 297 g/mol. The lowest BCUT2D eigenvalue weighted by Crippen LogP contribution is -2.22. The Hall–Kier alpha value is -1.03. The van der Waals surface area contributed by atoms with Gasteiger partial charge in [-0.25, -0.2) is 4.68 Å². The minimum atomic E-state index is 0.115. The van der Waals surface area contributed by atoms with Crippen molar-refractivity contribution in [3.63, 3.8) is 0 Å². The number of halogens is 2. The van der Waals surface area contributed by atoms with Gasteiger partial charge in [-0.05, 0) is 31.4 Å². The van der Waals surface area contributed by atoms with E-state index in [1.54, 1.807) is 10.9 Å². The fourth-order valence-corrected chi connectivity index (χ4v) is 2.37. The second-order valence-corrected chi connectivity index (χ2v) is 5.44. The molecule has 0 fully saturated rings. The van der Waals surface area contributed by atoms with Gasteiger partial charge in [-0.1, -0.05) is 42.3 Å². The van der Waals surface area contributed by atoms with E-state index in [-0.39, 0.29) is 6.04 Å². The lowest BCUT2D eigenvalue weighted by molar-refractivity contribution is 0.642. The molecule has 0 amide bonds. The number of hydrogen-bond acceptors (Lipinski definition) is 2. The van der Waals surface area contributed by atoms with Crippen LogP contribution in [-0.4, -0.2) is 15.8 Å². The van der Waals surface area contributed by atoms with E-state index in [1.807, 2.05) is 25.1 Å². The summed E-state index contributed by atoms with van der Waals surface area (Å²) in [5.74, 6) is 0. The summed E-state index contributed by atoms with van der Waals surface area (Å²) in [6.07, 6.45) is 3.47. The van der Waals surface area contributed by atoms with E-state index in [2.05, 4.69) is 12.0 Å². The van der Waals surface area contributed by atoms with Gasteiger partial charge in [0.15, 0.2) is 0 Å². The van der Waals surface area contributed by atoms with Crippen LogP contribution in [0.2, 0.25) is 10.0 Å². The van der Waals surface area contributed by atoms with Crippen molar-refractivity contribution < 1.29 is 0 Å². The molecule has 102 valence electrons. The Morgan fingerprint density at radius 2 is 2.05 bits per heavy atom. The van der Waals surface area contributed by atoms with Gasteiger partial charge in [-0.3, -0.25) is 0 Å². The lowest BCUT2D eigenvalue weighted by atomic mass is 10.0. The zero-order chi connectivity index (χ0) is 14.0. The number of rotatable bonds is 4. The first-order valence-corrected chi connectivity index (χ1v) is 7.03. The predicted octanol–water partition coefficient (Wildman–Crippen LogP) is 3.77. The fourth-order valence-electron chi connectivity index (χ4n) is 1.96. The number of nitrogens with two attached hydrogens (primary N) is 1. The number of hydrogen-bond donors (Lipinski definition) is 1. The quantitative estimate of drug-likeness (QED) is 0.933. The van der Waals surface area contributed by atoms with Gasteiger partial charge >= 0.3 is 0 Å². The first-order valence-electron chi connectivity index (χ1n) is 6.28. The van der Waals surface area contributed by atoms with Crippen molar-refractivity contribution >= 4 is 23.2 Å². The van der Waals surface area contributed by atoms with Crippen molar-refractivity contribution in [2.45, 2.75) is 32.7 Å². The minimum Gasteiger partial charge on any atom is -0.327 e. The molecule has 0 aliphatic heterocycles. The van der Waals surface area contributed by atoms with Crippen molar-refractivity contribution in [1.82, 2.24) is 9.78 Å². The summed E-state index contributed by atoms with van der Waals surface area (Å²) < 4.78 is 1.73. The molecule has 1 unspecified atom stereocenters. The third-order valence-electron chi connectivity index (χ3n) is 3.14. The van der Waals surface area contributed by atoms with Gasteiger partial charge in [-0.15, -0.1) is 0 Å². The molecule has 0 aliphatic carbocycles. The third-order valence-corrected chi connectivity index (χ3v) is 3.82. The van der Waals surface area contributed by atoms with Gasteiger partial charge in [0.25, 0.3) is 0 Å². The Bertz CT molecular complexity index is 559. The third kappa shape index (κ3) is 3.11. The van der Waals surface area contributed by atoms with Crippen LogP contribution in [0.5, 0.6) is 0 Å². The predicted molar refractivity (Wildman–Crippen MR) is 80.3 cm³/mol. The Labute approximate surface area is 123 Å². The van der Waals surface area contributed by atoms with Crippen molar-refractivity contribution in [1.29, 1.82) is 0 Å². The Kier molecular flexibility index (Phi) is 4.50. The molecule has 3 nitrogen and oxygen atoms in total. The highest BCUT2D eigenvalue weighted by molar-refractivity contribution is 6.32. The minimum absolute atomic E-state index is 0.115. The average molecular weight is 298 g/mol. The molecule has 0 spiro atoms. The summed E-state index contributed by atoms with van der Waals surface area (Å²) in [5, 5.41) is 5.68. The van der Waals surface area contributed by atoms with Crippen molar-refractivity contribution in [2.24, 2.45) is 5.73 Å². The van der Waals surface area contributed by atoms with Crippen LogP contribution in [0.3, 0.4) is 0 Å². The summed E-state index contributed by atoms with van der Waals surface area (Å²) in [6.45, 7) is 3.94. The molecule has 1 atom stereocenters. The molecule has 0 bridgehead atoms. The number of aromatic nitrogens is 2. The van der Waals surface area contributed by atoms with E-state index >= 15 is 0 Å². The van der Waals surface area contributed by atoms with Crippen LogP contribution in [0, 0.1) is 6.92 Å². The molecule has 5 heteroatoms. The largest absolute Gasteiger partial charge is 0.327 e. The molecule has 0 saturated carbocycles. The fraction of sp³-hybridized carbons (Fsp3) is 0.357. The molecule has 2 aromatic rings. The highest BCUT2D eigenvalue weighted by Gasteiger charge is 2.14. The SMILES string of the molecule is CCC(N)Cc1cccc(Cl)c1-n1cc(Cl)c(C)n1. The zero-order valence-electron chi connectivity index (χ0n) is 11.0. The molecule has 19 heavy (non-hydrogen) atoms. The van der Waals surface area contributed by atoms with E-state index in [0.29, 0.717) is 10.0 Å². The average Bonchev–Trinajstić information content (AvgIpc) is 2.69. The molecule has 1 heterocycles. The first kappa shape index (κ1) is 14.4. The highest BCUT2D eigenvalue weighted by Crippen LogP contribution is 2.27. The Morgan fingerprint density at radius 1 is 1.32 bits per heavy atom. The zero-order valence-corrected chi connectivity index (χ0v) is 12.5. The Morgan fingerprint density at radius 3 is 2.63 bits per heavy atom. The van der Waals surface area contributed by atoms with E-state index in [9.17, 15) is 0 Å². The molecular formula is C14H17Cl2N3. The van der Waals surface area contributed by atoms with Gasteiger partial charge in [0, 0.05) is 12.2 Å². The van der Waals surface area contributed by atoms with Crippen LogP contribution in [0.1, 0.15) is 24.6 Å². The molecular weight excluding hydrogens is 281 g/mol. The molecule has 2 rings (SSSR count). The molecule has 1 aromatic heterocycles. The van der Waals surface area contributed by atoms with Gasteiger partial charge in [0.1, 0.15) is 0 Å². The van der Waals surface area contributed by atoms with Crippen molar-refractivity contribution in [3.8, 4) is 5.69 Å². The first-order chi connectivity index (χ1) is 9.02. The number of benzene rings is 1. The normalized spacial score (nSPS) is 12.7. The van der Waals surface area contributed by atoms with Gasteiger partial charge in [0.05, 0.1) is 21.4 Å². The van der Waals surface area contributed by atoms with Crippen LogP contribution >= 0.6 is 23.2 Å². The van der Waals surface area contributed by atoms with E-state index in [1.165, 1.54) is 0 Å². The van der Waals surface area contributed by atoms with Crippen LogP contribution in [0.25, 0.3) is 5.69 Å². The number of nitrogens with zero attached hydrogens (tertiary/aromatic N) is 2. The molecule has 0 aliphatic rings. The smallest absolute Gasteiger partial charge is 0.0864 e. The summed E-state index contributed by atoms with van der Waals surface area (Å²) in [6, 6.07) is 5.93. The topological polar surface area (TPSA) is 43.8 Å². The maximum Gasteiger partial charge on any atom is 0.0864 e. The summed E-state index contributed by atoms with van der Waals surface area (Å²) in [5.41, 5.74) is 8.77. The van der Waals surface area contributed by atoms with E-state index in [0.717, 1.165) is 29.8 Å². The summed E-state index contributed by atoms with van der Waals surface area (Å²) >= 11 is 12.4. The van der Waals surface area contributed by atoms with Crippen molar-refractivity contribution in [2.75, 3.05) is 0 Å². The lowest BCUT2D eigenvalue weighted by Gasteiger charge is -2.14. The molecule has 2 N–H and O–H groups in total. The summed E-state index contributed by atoms with van der Waals surface area (Å²) in [4.78, 5) is 0. The number of para-hydroxylation sites is 1. The highest BCUT2D eigenvalue weighted by atomic mass is 35.5. The van der Waals surface area contributed by atoms with Gasteiger partial charge in [-0.2, -0.15) is 5.10 Å². The van der Waals surface area contributed by atoms with Gasteiger partial charge in [0.2, 0.25) is 0 Å². The maximum absolute atomic E-state index is 6.31. The standard InChI is InChI=1S/C14H17Cl2N3/c1-3-11(17)7-10-5-4-6-12(15)14(10)19-8-13(16)9(2)18-19/h4-6,8,11H,3,7,17H2,1-2H3. The maximum atomic E-state index is 6.31. The van der Waals surface area contributed by atoms with Crippen LogP contribution in [0.4, 0.5) is 0 Å². The second-order valence-electron chi connectivity index (χ2n) is 4.63. The van der Waals surface area contributed by atoms with Crippen molar-refractivity contribution in [3.05, 3.63) is 45.7 Å². The molecule has 1 aromatic carbocycles. The van der Waals surface area contributed by atoms with Crippen LogP contribution in [-0.2, 0) is 6.42 Å². The Balaban J connectivity index is 2.48. The van der Waals surface area contributed by atoms with Crippen LogP contribution < -0.4 is 5.73 Å². The molecule has 0 radical (unpaired) electrons. The van der Waals surface area contributed by atoms with Gasteiger partial charge < -0.3 is 5.73 Å². The second kappa shape index (κ2) is 5.95. The van der Waals surface area contributed by atoms with E-state index < -0.39 is 0 Å². The number of aryl methyl sites for hydroxylation is 1. The van der Waals surface area contributed by atoms with Crippen LogP contribution in [0.15, 0.2) is 24.4 Å². The summed E-state index contributed by atoms with van der Waals surface area (Å²) in [7, 11) is 0. The molecule has 0 saturated heterocycles. The van der Waals surface area contributed by atoms with E-state index in [4.69, 9.17) is 28.9 Å².